The highest BCUT2D eigenvalue weighted by Gasteiger charge is 2.18. The highest BCUT2D eigenvalue weighted by molar-refractivity contribution is 5.92. The summed E-state index contributed by atoms with van der Waals surface area (Å²) in [7, 11) is 3.13. The van der Waals surface area contributed by atoms with E-state index in [1.807, 2.05) is 44.2 Å². The summed E-state index contributed by atoms with van der Waals surface area (Å²) >= 11 is 0. The number of para-hydroxylation sites is 1. The fourth-order valence-corrected chi connectivity index (χ4v) is 3.47. The maximum absolute atomic E-state index is 13.1. The minimum Gasteiger partial charge on any atom is -0.495 e. The van der Waals surface area contributed by atoms with Crippen molar-refractivity contribution in [3.63, 3.8) is 0 Å². The first-order valence-electron chi connectivity index (χ1n) is 9.86. The van der Waals surface area contributed by atoms with Gasteiger partial charge in [-0.2, -0.15) is 0 Å². The van der Waals surface area contributed by atoms with Crippen LogP contribution in [0.3, 0.4) is 0 Å². The van der Waals surface area contributed by atoms with Gasteiger partial charge in [-0.3, -0.25) is 4.79 Å². The van der Waals surface area contributed by atoms with E-state index in [-0.39, 0.29) is 11.6 Å². The zero-order valence-electron chi connectivity index (χ0n) is 17.7. The Hall–Kier alpha value is -3.48. The highest BCUT2D eigenvalue weighted by Crippen LogP contribution is 2.27. The number of ether oxygens (including phenoxy) is 2. The predicted octanol–water partition coefficient (Wildman–Crippen LogP) is 4.30. The van der Waals surface area contributed by atoms with Crippen LogP contribution in [0.4, 0.5) is 10.5 Å². The van der Waals surface area contributed by atoms with Gasteiger partial charge in [0, 0.05) is 24.5 Å². The van der Waals surface area contributed by atoms with Gasteiger partial charge in [0.05, 0.1) is 25.4 Å². The van der Waals surface area contributed by atoms with E-state index in [1.54, 1.807) is 25.2 Å². The summed E-state index contributed by atoms with van der Waals surface area (Å²) in [5, 5.41) is 3.79. The monoisotopic (exact) mass is 409 g/mol. The van der Waals surface area contributed by atoms with Gasteiger partial charge in [0.1, 0.15) is 11.5 Å². The van der Waals surface area contributed by atoms with Gasteiger partial charge < -0.3 is 24.7 Å². The Bertz CT molecular complexity index is 1110. The Kier molecular flexibility index (Phi) is 6.61. The summed E-state index contributed by atoms with van der Waals surface area (Å²) in [6.45, 7) is 4.79. The third kappa shape index (κ3) is 4.56. The number of pyridine rings is 1. The van der Waals surface area contributed by atoms with E-state index < -0.39 is 0 Å². The number of aryl methyl sites for hydroxylation is 1. The number of urea groups is 1. The van der Waals surface area contributed by atoms with Crippen LogP contribution in [-0.4, -0.2) is 36.7 Å². The molecule has 0 saturated heterocycles. The lowest BCUT2D eigenvalue weighted by atomic mass is 10.1. The largest absolute Gasteiger partial charge is 0.495 e. The number of rotatable bonds is 7. The molecule has 0 aliphatic carbocycles. The lowest BCUT2D eigenvalue weighted by Crippen LogP contribution is -2.35. The van der Waals surface area contributed by atoms with Crippen LogP contribution < -0.4 is 20.3 Å². The van der Waals surface area contributed by atoms with Gasteiger partial charge in [0.2, 0.25) is 5.56 Å². The number of carbonyl (C=O) groups excluding carboxylic acids is 1. The van der Waals surface area contributed by atoms with E-state index in [1.165, 1.54) is 6.07 Å². The van der Waals surface area contributed by atoms with E-state index in [2.05, 4.69) is 10.3 Å². The van der Waals surface area contributed by atoms with Crippen LogP contribution in [0.2, 0.25) is 0 Å². The topological polar surface area (TPSA) is 83.7 Å². The van der Waals surface area contributed by atoms with Gasteiger partial charge in [-0.05, 0) is 42.7 Å². The molecule has 0 unspecified atom stereocenters. The third-order valence-corrected chi connectivity index (χ3v) is 4.88. The van der Waals surface area contributed by atoms with Crippen molar-refractivity contribution < 1.29 is 14.3 Å². The van der Waals surface area contributed by atoms with Crippen LogP contribution in [0.5, 0.6) is 11.5 Å². The maximum atomic E-state index is 13.1. The molecule has 0 spiro atoms. The highest BCUT2D eigenvalue weighted by atomic mass is 16.5. The Labute approximate surface area is 175 Å². The van der Waals surface area contributed by atoms with E-state index in [0.29, 0.717) is 35.8 Å². The second-order valence-electron chi connectivity index (χ2n) is 7.10. The molecule has 2 N–H and O–H groups in total. The van der Waals surface area contributed by atoms with E-state index in [0.717, 1.165) is 22.9 Å². The molecule has 2 amide bonds. The van der Waals surface area contributed by atoms with Gasteiger partial charge in [0.15, 0.2) is 0 Å². The average molecular weight is 409 g/mol. The fraction of sp³-hybridized carbons (Fsp3) is 0.304. The summed E-state index contributed by atoms with van der Waals surface area (Å²) in [4.78, 5) is 29.8. The van der Waals surface area contributed by atoms with E-state index in [4.69, 9.17) is 9.47 Å². The van der Waals surface area contributed by atoms with Gasteiger partial charge >= 0.3 is 6.03 Å². The number of aromatic amines is 1. The normalized spacial score (nSPS) is 10.7. The number of aromatic nitrogens is 1. The number of fused-ring (bicyclic) bond motifs is 1. The number of carbonyl (C=O) groups is 1. The van der Waals surface area contributed by atoms with Crippen molar-refractivity contribution in [3.05, 3.63) is 63.9 Å². The van der Waals surface area contributed by atoms with Crippen LogP contribution >= 0.6 is 0 Å². The Balaban J connectivity index is 1.94. The Morgan fingerprint density at radius 2 is 1.87 bits per heavy atom. The minimum atomic E-state index is -0.253. The first kappa shape index (κ1) is 21.2. The van der Waals surface area contributed by atoms with Crippen molar-refractivity contribution in [2.75, 3.05) is 26.1 Å². The summed E-state index contributed by atoms with van der Waals surface area (Å²) in [5.41, 5.74) is 2.77. The van der Waals surface area contributed by atoms with Gasteiger partial charge in [-0.15, -0.1) is 0 Å². The summed E-state index contributed by atoms with van der Waals surface area (Å²) in [6, 6.07) is 12.5. The summed E-state index contributed by atoms with van der Waals surface area (Å²) < 4.78 is 10.7. The fourth-order valence-electron chi connectivity index (χ4n) is 3.47. The van der Waals surface area contributed by atoms with Crippen LogP contribution in [-0.2, 0) is 6.54 Å². The molecule has 3 rings (SSSR count). The molecular formula is C23H27N3O4. The number of benzene rings is 2. The minimum absolute atomic E-state index is 0.237. The van der Waals surface area contributed by atoms with Crippen molar-refractivity contribution in [1.82, 2.24) is 9.88 Å². The molecule has 30 heavy (non-hydrogen) atoms. The molecular weight excluding hydrogens is 382 g/mol. The molecule has 2 aromatic carbocycles. The number of amides is 2. The molecule has 0 atom stereocenters. The zero-order valence-corrected chi connectivity index (χ0v) is 17.7. The molecule has 3 aromatic rings. The smallest absolute Gasteiger partial charge is 0.322 e. The molecule has 7 heteroatoms. The number of methoxy groups -OCH3 is 2. The van der Waals surface area contributed by atoms with Gasteiger partial charge in [0.25, 0.3) is 0 Å². The summed E-state index contributed by atoms with van der Waals surface area (Å²) in [5.74, 6) is 1.18. The van der Waals surface area contributed by atoms with E-state index in [9.17, 15) is 9.59 Å². The molecule has 0 bridgehead atoms. The number of nitrogens with one attached hydrogen (secondary N) is 2. The van der Waals surface area contributed by atoms with Crippen LogP contribution in [0, 0.1) is 6.92 Å². The quantitative estimate of drug-likeness (QED) is 0.609. The molecule has 0 fully saturated rings. The number of nitrogens with zero attached hydrogens (tertiary/aromatic N) is 1. The Morgan fingerprint density at radius 3 is 2.57 bits per heavy atom. The lowest BCUT2D eigenvalue weighted by Gasteiger charge is -2.24. The molecule has 158 valence electrons. The predicted molar refractivity (Wildman–Crippen MR) is 119 cm³/mol. The van der Waals surface area contributed by atoms with Crippen molar-refractivity contribution >= 4 is 22.6 Å². The summed E-state index contributed by atoms with van der Waals surface area (Å²) in [6.07, 6.45) is 0.781. The third-order valence-electron chi connectivity index (χ3n) is 4.88. The molecule has 7 nitrogen and oxygen atoms in total. The Morgan fingerprint density at radius 1 is 1.10 bits per heavy atom. The standard InChI is InChI=1S/C23H27N3O4/c1-5-11-26(23(28)24-18-12-15(2)9-10-19(18)29-3)14-16-13-21(27)25-22-17(16)7-6-8-20(22)30-4/h6-10,12-13H,5,11,14H2,1-4H3,(H,24,28)(H,25,27). The number of hydrogen-bond acceptors (Lipinski definition) is 4. The van der Waals surface area contributed by atoms with Crippen LogP contribution in [0.1, 0.15) is 24.5 Å². The molecule has 0 aliphatic heterocycles. The van der Waals surface area contributed by atoms with Crippen molar-refractivity contribution in [2.24, 2.45) is 0 Å². The zero-order chi connectivity index (χ0) is 21.7. The van der Waals surface area contributed by atoms with Gasteiger partial charge in [-0.1, -0.05) is 25.1 Å². The molecule has 0 saturated carbocycles. The first-order valence-corrected chi connectivity index (χ1v) is 9.86. The molecule has 1 aromatic heterocycles. The number of H-pyrrole nitrogens is 1. The lowest BCUT2D eigenvalue weighted by molar-refractivity contribution is 0.209. The molecule has 1 heterocycles. The number of hydrogen-bond donors (Lipinski definition) is 2. The second-order valence-corrected chi connectivity index (χ2v) is 7.10. The van der Waals surface area contributed by atoms with Crippen molar-refractivity contribution in [1.29, 1.82) is 0 Å². The van der Waals surface area contributed by atoms with Crippen LogP contribution in [0.15, 0.2) is 47.3 Å². The average Bonchev–Trinajstić information content (AvgIpc) is 2.73. The SMILES string of the molecule is CCCN(Cc1cc(=O)[nH]c2c(OC)cccc12)C(=O)Nc1cc(C)ccc1OC. The van der Waals surface area contributed by atoms with E-state index >= 15 is 0 Å². The number of anilines is 1. The molecule has 0 aliphatic rings. The van der Waals surface area contributed by atoms with Crippen molar-refractivity contribution in [2.45, 2.75) is 26.8 Å². The van der Waals surface area contributed by atoms with Crippen LogP contribution in [0.25, 0.3) is 10.9 Å². The second kappa shape index (κ2) is 9.35. The molecule has 0 radical (unpaired) electrons. The first-order chi connectivity index (χ1) is 14.5. The maximum Gasteiger partial charge on any atom is 0.322 e. The van der Waals surface area contributed by atoms with Crippen molar-refractivity contribution in [3.8, 4) is 11.5 Å². The van der Waals surface area contributed by atoms with Gasteiger partial charge in [-0.25, -0.2) is 4.79 Å².